The summed E-state index contributed by atoms with van der Waals surface area (Å²) in [5, 5.41) is 12.7. The summed E-state index contributed by atoms with van der Waals surface area (Å²) in [6.45, 7) is 2.56. The van der Waals surface area contributed by atoms with Gasteiger partial charge in [0.15, 0.2) is 5.13 Å². The highest BCUT2D eigenvalue weighted by molar-refractivity contribution is 7.22. The summed E-state index contributed by atoms with van der Waals surface area (Å²) in [6, 6.07) is 15.7. The van der Waals surface area contributed by atoms with Crippen molar-refractivity contribution in [2.45, 2.75) is 19.4 Å². The second kappa shape index (κ2) is 10.3. The maximum absolute atomic E-state index is 13.4. The second-order valence-corrected chi connectivity index (χ2v) is 10.6. The topological polar surface area (TPSA) is 79.7 Å². The first kappa shape index (κ1) is 25.5. The lowest BCUT2D eigenvalue weighted by Crippen LogP contribution is -2.29. The van der Waals surface area contributed by atoms with Crippen LogP contribution in [0.3, 0.4) is 0 Å². The number of carbonyl (C=O) groups is 2. The van der Waals surface area contributed by atoms with Crippen LogP contribution in [0.25, 0.3) is 16.0 Å². The Kier molecular flexibility index (Phi) is 7.14. The minimum absolute atomic E-state index is 0.0806. The van der Waals surface area contributed by atoms with E-state index in [0.717, 1.165) is 11.1 Å². The van der Waals surface area contributed by atoms with E-state index in [4.69, 9.17) is 39.5 Å². The Morgan fingerprint density at radius 1 is 1.03 bits per heavy atom. The molecule has 1 fully saturated rings. The number of benzene rings is 3. The number of hydrogen-bond donors (Lipinski definition) is 1. The first-order chi connectivity index (χ1) is 17.8. The molecule has 10 heteroatoms. The van der Waals surface area contributed by atoms with E-state index in [1.807, 2.05) is 6.92 Å². The summed E-state index contributed by atoms with van der Waals surface area (Å²) in [6.07, 6.45) is 0.854. The van der Waals surface area contributed by atoms with Crippen molar-refractivity contribution < 1.29 is 19.4 Å². The van der Waals surface area contributed by atoms with E-state index in [1.165, 1.54) is 16.2 Å². The Hall–Kier alpha value is -3.10. The number of Topliss-reactive ketones (excluding diaryl/α,β-unsaturated/α-hetero) is 1. The molecular formula is C27H19Cl3N2O4S. The molecule has 0 bridgehead atoms. The van der Waals surface area contributed by atoms with Crippen LogP contribution >= 0.6 is 46.1 Å². The van der Waals surface area contributed by atoms with Gasteiger partial charge in [-0.05, 0) is 66.6 Å². The molecule has 2 heterocycles. The number of halogens is 3. The number of carbonyl (C=O) groups excluding carboxylic acids is 2. The van der Waals surface area contributed by atoms with Gasteiger partial charge < -0.3 is 9.84 Å². The summed E-state index contributed by atoms with van der Waals surface area (Å²) in [5.41, 5.74) is 1.41. The van der Waals surface area contributed by atoms with Gasteiger partial charge in [0.1, 0.15) is 11.5 Å². The molecule has 4 aromatic rings. The molecular weight excluding hydrogens is 555 g/mol. The van der Waals surface area contributed by atoms with Gasteiger partial charge in [-0.1, -0.05) is 59.1 Å². The molecule has 37 heavy (non-hydrogen) atoms. The van der Waals surface area contributed by atoms with E-state index in [1.54, 1.807) is 60.7 Å². The largest absolute Gasteiger partial charge is 0.507 e. The molecule has 1 saturated heterocycles. The first-order valence-corrected chi connectivity index (χ1v) is 13.3. The highest BCUT2D eigenvalue weighted by Gasteiger charge is 2.48. The van der Waals surface area contributed by atoms with Gasteiger partial charge in [0.2, 0.25) is 0 Å². The zero-order valence-corrected chi connectivity index (χ0v) is 22.5. The van der Waals surface area contributed by atoms with Crippen molar-refractivity contribution in [1.29, 1.82) is 0 Å². The Labute approximate surface area is 231 Å². The van der Waals surface area contributed by atoms with E-state index in [-0.39, 0.29) is 21.5 Å². The lowest BCUT2D eigenvalue weighted by atomic mass is 9.95. The van der Waals surface area contributed by atoms with Crippen molar-refractivity contribution in [3.63, 3.8) is 0 Å². The number of aliphatic hydroxyl groups excluding tert-OH is 1. The Morgan fingerprint density at radius 3 is 2.49 bits per heavy atom. The second-order valence-electron chi connectivity index (χ2n) is 8.32. The molecule has 1 aromatic heterocycles. The summed E-state index contributed by atoms with van der Waals surface area (Å²) >= 11 is 19.8. The molecule has 1 unspecified atom stereocenters. The van der Waals surface area contributed by atoms with Crippen molar-refractivity contribution in [2.75, 3.05) is 11.5 Å². The molecule has 1 atom stereocenters. The average Bonchev–Trinajstić information content (AvgIpc) is 3.42. The average molecular weight is 574 g/mol. The third-order valence-electron chi connectivity index (χ3n) is 5.85. The van der Waals surface area contributed by atoms with E-state index in [9.17, 15) is 14.7 Å². The molecule has 1 aliphatic rings. The number of rotatable bonds is 6. The lowest BCUT2D eigenvalue weighted by Gasteiger charge is -2.23. The summed E-state index contributed by atoms with van der Waals surface area (Å²) in [5.74, 6) is -1.33. The molecule has 0 aliphatic carbocycles. The number of ketones is 1. The predicted octanol–water partition coefficient (Wildman–Crippen LogP) is 7.67. The van der Waals surface area contributed by atoms with Crippen LogP contribution < -0.4 is 9.64 Å². The van der Waals surface area contributed by atoms with Crippen LogP contribution in [0.2, 0.25) is 15.1 Å². The van der Waals surface area contributed by atoms with Gasteiger partial charge in [0.05, 0.1) is 38.5 Å². The SMILES string of the molecule is CCCOc1ccc(/C(O)=C2\C(=O)C(=O)N(c3nc4ccc(Cl)cc4s3)C2c2ccc(Cl)c(Cl)c2)cc1. The molecule has 0 saturated carbocycles. The van der Waals surface area contributed by atoms with Crippen LogP contribution in [0.5, 0.6) is 5.75 Å². The van der Waals surface area contributed by atoms with E-state index >= 15 is 0 Å². The van der Waals surface area contributed by atoms with Crippen LogP contribution in [0, 0.1) is 0 Å². The smallest absolute Gasteiger partial charge is 0.301 e. The Bertz CT molecular complexity index is 1570. The molecule has 3 aromatic carbocycles. The number of nitrogens with zero attached hydrogens (tertiary/aromatic N) is 2. The summed E-state index contributed by atoms with van der Waals surface area (Å²) < 4.78 is 6.36. The van der Waals surface area contributed by atoms with Crippen molar-refractivity contribution in [2.24, 2.45) is 0 Å². The van der Waals surface area contributed by atoms with E-state index in [0.29, 0.717) is 39.0 Å². The molecule has 0 spiro atoms. The number of amides is 1. The Morgan fingerprint density at radius 2 is 1.78 bits per heavy atom. The van der Waals surface area contributed by atoms with Crippen LogP contribution in [0.4, 0.5) is 5.13 Å². The maximum atomic E-state index is 13.4. The van der Waals surface area contributed by atoms with Crippen molar-refractivity contribution in [3.8, 4) is 5.75 Å². The summed E-state index contributed by atoms with van der Waals surface area (Å²) in [4.78, 5) is 32.6. The van der Waals surface area contributed by atoms with Crippen LogP contribution in [-0.2, 0) is 9.59 Å². The van der Waals surface area contributed by atoms with Gasteiger partial charge in [-0.3, -0.25) is 14.5 Å². The molecule has 1 N–H and O–H groups in total. The normalized spacial score (nSPS) is 17.1. The number of ether oxygens (including phenoxy) is 1. The van der Waals surface area contributed by atoms with Gasteiger partial charge in [-0.2, -0.15) is 0 Å². The third-order valence-corrected chi connectivity index (χ3v) is 7.84. The number of aromatic nitrogens is 1. The minimum atomic E-state index is -0.984. The molecule has 6 nitrogen and oxygen atoms in total. The molecule has 5 rings (SSSR count). The van der Waals surface area contributed by atoms with Crippen molar-refractivity contribution >= 4 is 78.9 Å². The van der Waals surface area contributed by atoms with Gasteiger partial charge >= 0.3 is 5.91 Å². The van der Waals surface area contributed by atoms with Gasteiger partial charge in [0.25, 0.3) is 5.78 Å². The number of fused-ring (bicyclic) bond motifs is 1. The molecule has 1 aliphatic heterocycles. The maximum Gasteiger partial charge on any atom is 0.301 e. The fourth-order valence-corrected chi connectivity index (χ4v) is 5.68. The van der Waals surface area contributed by atoms with Crippen LogP contribution in [0.1, 0.15) is 30.5 Å². The van der Waals surface area contributed by atoms with Gasteiger partial charge in [-0.15, -0.1) is 0 Å². The van der Waals surface area contributed by atoms with Crippen LogP contribution in [-0.4, -0.2) is 28.4 Å². The molecule has 188 valence electrons. The van der Waals surface area contributed by atoms with Gasteiger partial charge in [0, 0.05) is 10.6 Å². The number of hydrogen-bond acceptors (Lipinski definition) is 6. The Balaban J connectivity index is 1.67. The zero-order valence-electron chi connectivity index (χ0n) is 19.4. The fourth-order valence-electron chi connectivity index (χ4n) is 4.10. The van der Waals surface area contributed by atoms with Crippen molar-refractivity contribution in [1.82, 2.24) is 4.98 Å². The zero-order chi connectivity index (χ0) is 26.3. The summed E-state index contributed by atoms with van der Waals surface area (Å²) in [7, 11) is 0. The predicted molar refractivity (Wildman–Crippen MR) is 148 cm³/mol. The number of anilines is 1. The highest BCUT2D eigenvalue weighted by Crippen LogP contribution is 2.45. The van der Waals surface area contributed by atoms with Crippen LogP contribution in [0.15, 0.2) is 66.2 Å². The third kappa shape index (κ3) is 4.80. The standard InChI is InChI=1S/C27H19Cl3N2O4S/c1-2-11-36-17-7-3-14(4-8-17)24(33)22-23(15-5-9-18(29)19(30)12-15)32(26(35)25(22)34)27-31-20-10-6-16(28)13-21(20)37-27/h3-10,12-13,23,33H,2,11H2,1H3/b24-22+. The van der Waals surface area contributed by atoms with E-state index < -0.39 is 17.7 Å². The monoisotopic (exact) mass is 572 g/mol. The number of thiazole rings is 1. The van der Waals surface area contributed by atoms with Gasteiger partial charge in [-0.25, -0.2) is 4.98 Å². The minimum Gasteiger partial charge on any atom is -0.507 e. The van der Waals surface area contributed by atoms with Crippen molar-refractivity contribution in [3.05, 3.63) is 92.4 Å². The fraction of sp³-hybridized carbons (Fsp3) is 0.148. The first-order valence-electron chi connectivity index (χ1n) is 11.3. The highest BCUT2D eigenvalue weighted by atomic mass is 35.5. The molecule has 0 radical (unpaired) electrons. The lowest BCUT2D eigenvalue weighted by molar-refractivity contribution is -0.132. The molecule has 1 amide bonds. The number of aliphatic hydroxyl groups is 1. The quantitative estimate of drug-likeness (QED) is 0.145. The van der Waals surface area contributed by atoms with E-state index in [2.05, 4.69) is 4.98 Å².